The van der Waals surface area contributed by atoms with Crippen LogP contribution < -0.4 is 15.4 Å². The Labute approximate surface area is 176 Å². The number of benzene rings is 1. The van der Waals surface area contributed by atoms with Gasteiger partial charge in [-0.2, -0.15) is 0 Å². The summed E-state index contributed by atoms with van der Waals surface area (Å²) in [5.74, 6) is -0.969. The van der Waals surface area contributed by atoms with Gasteiger partial charge in [-0.05, 0) is 43.9 Å². The van der Waals surface area contributed by atoms with Crippen molar-refractivity contribution in [1.29, 1.82) is 0 Å². The van der Waals surface area contributed by atoms with E-state index >= 15 is 0 Å². The lowest BCUT2D eigenvalue weighted by atomic mass is 9.88. The van der Waals surface area contributed by atoms with Crippen molar-refractivity contribution in [2.24, 2.45) is 0 Å². The molecule has 3 N–H and O–H groups in total. The van der Waals surface area contributed by atoms with Crippen LogP contribution in [0.15, 0.2) is 29.2 Å². The lowest BCUT2D eigenvalue weighted by Gasteiger charge is -2.25. The predicted molar refractivity (Wildman–Crippen MR) is 111 cm³/mol. The predicted octanol–water partition coefficient (Wildman–Crippen LogP) is 1.96. The maximum absolute atomic E-state index is 12.9. The monoisotopic (exact) mass is 436 g/mol. The number of urea groups is 1. The zero-order valence-electron chi connectivity index (χ0n) is 17.2. The molecule has 0 unspecified atom stereocenters. The van der Waals surface area contributed by atoms with Crippen LogP contribution in [-0.4, -0.2) is 49.3 Å². The number of nitrogens with zero attached hydrogens (tertiary/aromatic N) is 1. The summed E-state index contributed by atoms with van der Waals surface area (Å²) < 4.78 is 27.3. The van der Waals surface area contributed by atoms with Gasteiger partial charge in [0.1, 0.15) is 12.1 Å². The molecular weight excluding hydrogens is 408 g/mol. The molecule has 164 valence electrons. The van der Waals surface area contributed by atoms with Gasteiger partial charge in [0, 0.05) is 11.7 Å². The molecule has 0 radical (unpaired) electrons. The fourth-order valence-corrected chi connectivity index (χ4v) is 5.06. The van der Waals surface area contributed by atoms with Gasteiger partial charge >= 0.3 is 6.03 Å². The van der Waals surface area contributed by atoms with E-state index in [9.17, 15) is 22.8 Å². The molecule has 0 atom stereocenters. The molecule has 1 heterocycles. The van der Waals surface area contributed by atoms with Crippen molar-refractivity contribution in [3.8, 4) is 0 Å². The molecule has 1 aromatic carbocycles. The molecule has 0 spiro atoms. The second kappa shape index (κ2) is 8.73. The summed E-state index contributed by atoms with van der Waals surface area (Å²) in [4.78, 5) is 38.7. The summed E-state index contributed by atoms with van der Waals surface area (Å²) in [6, 6.07) is 5.27. The van der Waals surface area contributed by atoms with Crippen LogP contribution >= 0.6 is 0 Å². The molecule has 0 aromatic heterocycles. The van der Waals surface area contributed by atoms with Crippen molar-refractivity contribution < 1.29 is 22.8 Å². The minimum Gasteiger partial charge on any atom is -0.324 e. The number of sulfonamides is 1. The maximum Gasteiger partial charge on any atom is 0.325 e. The molecular formula is C20H28N4O5S. The van der Waals surface area contributed by atoms with Crippen LogP contribution in [0.2, 0.25) is 0 Å². The zero-order valence-corrected chi connectivity index (χ0v) is 18.0. The third-order valence-electron chi connectivity index (χ3n) is 5.23. The van der Waals surface area contributed by atoms with Crippen LogP contribution in [-0.2, 0) is 19.6 Å². The number of imide groups is 1. The van der Waals surface area contributed by atoms with E-state index in [4.69, 9.17) is 0 Å². The molecule has 2 fully saturated rings. The number of rotatable bonds is 10. The van der Waals surface area contributed by atoms with Gasteiger partial charge < -0.3 is 10.6 Å². The highest BCUT2D eigenvalue weighted by Gasteiger charge is 2.50. The first-order valence-electron chi connectivity index (χ1n) is 10.3. The number of hydrogen-bond acceptors (Lipinski definition) is 5. The Morgan fingerprint density at radius 1 is 1.20 bits per heavy atom. The first-order valence-corrected chi connectivity index (χ1v) is 11.8. The van der Waals surface area contributed by atoms with Crippen molar-refractivity contribution >= 4 is 33.6 Å². The van der Waals surface area contributed by atoms with Gasteiger partial charge in [0.05, 0.1) is 4.90 Å². The fraction of sp³-hybridized carbons (Fsp3) is 0.550. The molecule has 1 saturated heterocycles. The Bertz CT molecular complexity index is 936. The van der Waals surface area contributed by atoms with Gasteiger partial charge in [0.25, 0.3) is 5.91 Å². The molecule has 9 nitrogen and oxygen atoms in total. The van der Waals surface area contributed by atoms with E-state index in [1.54, 1.807) is 6.07 Å². The Morgan fingerprint density at radius 3 is 2.47 bits per heavy atom. The second-order valence-corrected chi connectivity index (χ2v) is 9.59. The molecule has 3 rings (SSSR count). The Balaban J connectivity index is 1.68. The fourth-order valence-electron chi connectivity index (χ4n) is 3.71. The Hall–Kier alpha value is -2.46. The van der Waals surface area contributed by atoms with E-state index < -0.39 is 40.0 Å². The molecule has 1 aromatic rings. The van der Waals surface area contributed by atoms with Gasteiger partial charge in [-0.1, -0.05) is 32.8 Å². The molecule has 4 amide bonds. The van der Waals surface area contributed by atoms with E-state index in [2.05, 4.69) is 15.4 Å². The summed E-state index contributed by atoms with van der Waals surface area (Å²) in [7, 11) is -3.65. The highest BCUT2D eigenvalue weighted by Crippen LogP contribution is 2.28. The van der Waals surface area contributed by atoms with Crippen LogP contribution in [0.3, 0.4) is 0 Å². The molecule has 2 aliphatic rings. The van der Waals surface area contributed by atoms with E-state index in [1.807, 2.05) is 13.8 Å². The van der Waals surface area contributed by atoms with Gasteiger partial charge in [0.15, 0.2) is 0 Å². The normalized spacial score (nSPS) is 18.4. The Kier molecular flexibility index (Phi) is 6.47. The summed E-state index contributed by atoms with van der Waals surface area (Å²) in [6.07, 6.45) is 4.11. The molecule has 0 bridgehead atoms. The number of carbonyl (C=O) groups is 3. The van der Waals surface area contributed by atoms with E-state index in [0.29, 0.717) is 12.8 Å². The highest BCUT2D eigenvalue weighted by atomic mass is 32.2. The number of hydrogen-bond donors (Lipinski definition) is 3. The number of amides is 4. The molecule has 1 aliphatic carbocycles. The standard InChI is InChI=1S/C20H28N4O5S/c1-3-10-20(11-4-2)18(26)24(19(27)22-20)13-17(25)21-15-6-5-7-16(12-15)30(28,29)23-14-8-9-14/h5-7,12,14,23H,3-4,8-11,13H2,1-2H3,(H,21,25)(H,22,27). The smallest absolute Gasteiger partial charge is 0.324 e. The largest absolute Gasteiger partial charge is 0.325 e. The SMILES string of the molecule is CCCC1(CCC)NC(=O)N(CC(=O)Nc2cccc(S(=O)(=O)NC3CC3)c2)C1=O. The van der Waals surface area contributed by atoms with Crippen LogP contribution in [0.1, 0.15) is 52.4 Å². The van der Waals surface area contributed by atoms with E-state index in [0.717, 1.165) is 30.6 Å². The number of nitrogens with one attached hydrogen (secondary N) is 3. The van der Waals surface area contributed by atoms with Gasteiger partial charge in [-0.25, -0.2) is 17.9 Å². The maximum atomic E-state index is 12.9. The van der Waals surface area contributed by atoms with Crippen molar-refractivity contribution in [3.63, 3.8) is 0 Å². The first kappa shape index (κ1) is 22.2. The second-order valence-electron chi connectivity index (χ2n) is 7.88. The van der Waals surface area contributed by atoms with Crippen molar-refractivity contribution in [2.45, 2.75) is 68.8 Å². The lowest BCUT2D eigenvalue weighted by Crippen LogP contribution is -2.47. The lowest BCUT2D eigenvalue weighted by molar-refractivity contribution is -0.134. The summed E-state index contributed by atoms with van der Waals surface area (Å²) in [6.45, 7) is 3.44. The van der Waals surface area contributed by atoms with Crippen molar-refractivity contribution in [2.75, 3.05) is 11.9 Å². The summed E-state index contributed by atoms with van der Waals surface area (Å²) in [5.41, 5.74) is -0.678. The quantitative estimate of drug-likeness (QED) is 0.484. The number of anilines is 1. The topological polar surface area (TPSA) is 125 Å². The van der Waals surface area contributed by atoms with Gasteiger partial charge in [-0.3, -0.25) is 14.5 Å². The van der Waals surface area contributed by atoms with E-state index in [-0.39, 0.29) is 16.6 Å². The summed E-state index contributed by atoms with van der Waals surface area (Å²) in [5, 5.41) is 5.34. The van der Waals surface area contributed by atoms with Gasteiger partial charge in [0.2, 0.25) is 15.9 Å². The summed E-state index contributed by atoms with van der Waals surface area (Å²) >= 11 is 0. The minimum atomic E-state index is -3.65. The third-order valence-corrected chi connectivity index (χ3v) is 6.75. The molecule has 1 aliphatic heterocycles. The first-order chi connectivity index (χ1) is 14.2. The van der Waals surface area contributed by atoms with Gasteiger partial charge in [-0.15, -0.1) is 0 Å². The van der Waals surface area contributed by atoms with Crippen LogP contribution in [0.4, 0.5) is 10.5 Å². The number of carbonyl (C=O) groups excluding carboxylic acids is 3. The molecule has 30 heavy (non-hydrogen) atoms. The van der Waals surface area contributed by atoms with Crippen LogP contribution in [0.25, 0.3) is 0 Å². The van der Waals surface area contributed by atoms with Crippen LogP contribution in [0, 0.1) is 0 Å². The van der Waals surface area contributed by atoms with E-state index in [1.165, 1.54) is 18.2 Å². The average Bonchev–Trinajstić information content (AvgIpc) is 3.45. The van der Waals surface area contributed by atoms with Crippen molar-refractivity contribution in [1.82, 2.24) is 14.9 Å². The highest BCUT2D eigenvalue weighted by molar-refractivity contribution is 7.89. The van der Waals surface area contributed by atoms with Crippen LogP contribution in [0.5, 0.6) is 0 Å². The van der Waals surface area contributed by atoms with Crippen molar-refractivity contribution in [3.05, 3.63) is 24.3 Å². The average molecular weight is 437 g/mol. The Morgan fingerprint density at radius 2 is 1.87 bits per heavy atom. The third kappa shape index (κ3) is 4.81. The zero-order chi connectivity index (χ0) is 21.9. The molecule has 10 heteroatoms. The molecule has 1 saturated carbocycles. The minimum absolute atomic E-state index is 0.0283.